The molecule has 0 saturated carbocycles. The molecule has 22 heavy (non-hydrogen) atoms. The molecule has 1 N–H and O–H groups in total. The quantitative estimate of drug-likeness (QED) is 0.877. The van der Waals surface area contributed by atoms with E-state index in [1.165, 1.54) is 6.33 Å². The predicted octanol–water partition coefficient (Wildman–Crippen LogP) is 2.70. The van der Waals surface area contributed by atoms with Gasteiger partial charge in [-0.2, -0.15) is 11.8 Å². The molecule has 118 valence electrons. The van der Waals surface area contributed by atoms with Crippen LogP contribution in [0.3, 0.4) is 0 Å². The van der Waals surface area contributed by atoms with Crippen LogP contribution in [-0.4, -0.2) is 39.2 Å². The van der Waals surface area contributed by atoms with E-state index in [0.29, 0.717) is 6.54 Å². The Morgan fingerprint density at radius 3 is 3.05 bits per heavy atom. The Balaban J connectivity index is 1.88. The van der Waals surface area contributed by atoms with Crippen molar-refractivity contribution < 1.29 is 4.79 Å². The van der Waals surface area contributed by atoms with Crippen molar-refractivity contribution in [2.75, 3.05) is 13.3 Å². The summed E-state index contributed by atoms with van der Waals surface area (Å²) in [7, 11) is 1.75. The molecule has 0 unspecified atom stereocenters. The molecule has 0 fully saturated rings. The molecular weight excluding hydrogens is 318 g/mol. The number of nitrogens with one attached hydrogen (secondary N) is 1. The molecule has 0 saturated heterocycles. The van der Waals surface area contributed by atoms with Crippen LogP contribution in [0.25, 0.3) is 0 Å². The Morgan fingerprint density at radius 2 is 2.36 bits per heavy atom. The van der Waals surface area contributed by atoms with Crippen molar-refractivity contribution in [2.24, 2.45) is 0 Å². The molecule has 2 aromatic heterocycles. The zero-order chi connectivity index (χ0) is 15.9. The number of thiazole rings is 1. The van der Waals surface area contributed by atoms with Crippen molar-refractivity contribution in [3.63, 3.8) is 0 Å². The maximum absolute atomic E-state index is 12.2. The fourth-order valence-corrected chi connectivity index (χ4v) is 3.35. The minimum atomic E-state index is -0.148. The van der Waals surface area contributed by atoms with E-state index in [1.54, 1.807) is 41.2 Å². The lowest BCUT2D eigenvalue weighted by atomic mass is 10.2. The van der Waals surface area contributed by atoms with Gasteiger partial charge in [0.15, 0.2) is 0 Å². The van der Waals surface area contributed by atoms with Gasteiger partial charge in [0, 0.05) is 24.4 Å². The number of aromatic nitrogens is 3. The Hall–Kier alpha value is -1.67. The molecule has 2 amide bonds. The van der Waals surface area contributed by atoms with Crippen LogP contribution in [0, 0.1) is 0 Å². The summed E-state index contributed by atoms with van der Waals surface area (Å²) in [5, 5.41) is 5.95. The van der Waals surface area contributed by atoms with Gasteiger partial charge in [0.25, 0.3) is 0 Å². The first kappa shape index (κ1) is 16.7. The predicted molar refractivity (Wildman–Crippen MR) is 89.8 cm³/mol. The summed E-state index contributed by atoms with van der Waals surface area (Å²) in [5.74, 6) is 0.906. The van der Waals surface area contributed by atoms with Crippen LogP contribution in [0.2, 0.25) is 0 Å². The molecule has 8 heteroatoms. The monoisotopic (exact) mass is 337 g/mol. The number of rotatable bonds is 6. The molecular formula is C14H19N5OS2. The van der Waals surface area contributed by atoms with E-state index in [2.05, 4.69) is 20.3 Å². The highest BCUT2D eigenvalue weighted by molar-refractivity contribution is 7.97. The van der Waals surface area contributed by atoms with E-state index < -0.39 is 0 Å². The third-order valence-corrected chi connectivity index (χ3v) is 4.86. The molecule has 1 atom stereocenters. The smallest absolute Gasteiger partial charge is 0.318 e. The molecule has 0 aliphatic rings. The minimum absolute atomic E-state index is 0.120. The first-order valence-corrected chi connectivity index (χ1v) is 9.08. The summed E-state index contributed by atoms with van der Waals surface area (Å²) >= 11 is 3.36. The Bertz CT molecular complexity index is 604. The SMILES string of the molecule is CSCc1nc(CNC(=O)N(C)[C@H](C)c2ccncn2)cs1. The molecule has 0 bridgehead atoms. The summed E-state index contributed by atoms with van der Waals surface area (Å²) in [5.41, 5.74) is 1.70. The summed E-state index contributed by atoms with van der Waals surface area (Å²) in [6, 6.07) is 1.54. The minimum Gasteiger partial charge on any atom is -0.332 e. The molecule has 2 aromatic rings. The number of nitrogens with zero attached hydrogens (tertiary/aromatic N) is 4. The Morgan fingerprint density at radius 1 is 1.55 bits per heavy atom. The van der Waals surface area contributed by atoms with E-state index in [0.717, 1.165) is 22.1 Å². The highest BCUT2D eigenvalue weighted by atomic mass is 32.2. The number of amides is 2. The van der Waals surface area contributed by atoms with Crippen LogP contribution < -0.4 is 5.32 Å². The second kappa shape index (κ2) is 8.09. The lowest BCUT2D eigenvalue weighted by Gasteiger charge is -2.24. The van der Waals surface area contributed by atoms with Gasteiger partial charge in [0.05, 0.1) is 24.0 Å². The van der Waals surface area contributed by atoms with Crippen molar-refractivity contribution in [3.8, 4) is 0 Å². The van der Waals surface area contributed by atoms with E-state index in [9.17, 15) is 4.79 Å². The van der Waals surface area contributed by atoms with Gasteiger partial charge >= 0.3 is 6.03 Å². The van der Waals surface area contributed by atoms with Crippen LogP contribution >= 0.6 is 23.1 Å². The fraction of sp³-hybridized carbons (Fsp3) is 0.429. The lowest BCUT2D eigenvalue weighted by Crippen LogP contribution is -2.38. The van der Waals surface area contributed by atoms with Crippen molar-refractivity contribution in [1.82, 2.24) is 25.2 Å². The van der Waals surface area contributed by atoms with E-state index >= 15 is 0 Å². The van der Waals surface area contributed by atoms with Crippen LogP contribution in [-0.2, 0) is 12.3 Å². The first-order chi connectivity index (χ1) is 10.6. The first-order valence-electron chi connectivity index (χ1n) is 6.80. The van der Waals surface area contributed by atoms with E-state index in [4.69, 9.17) is 0 Å². The number of carbonyl (C=O) groups is 1. The Kier molecular flexibility index (Phi) is 6.14. The summed E-state index contributed by atoms with van der Waals surface area (Å²) in [6.45, 7) is 2.37. The van der Waals surface area contributed by atoms with Gasteiger partial charge in [0.2, 0.25) is 0 Å². The van der Waals surface area contributed by atoms with Gasteiger partial charge in [-0.1, -0.05) is 0 Å². The summed E-state index contributed by atoms with van der Waals surface area (Å²) < 4.78 is 0. The van der Waals surface area contributed by atoms with Gasteiger partial charge in [-0.05, 0) is 19.2 Å². The molecule has 0 radical (unpaired) electrons. The van der Waals surface area contributed by atoms with Crippen molar-refractivity contribution in [1.29, 1.82) is 0 Å². The second-order valence-corrected chi connectivity index (χ2v) is 6.55. The van der Waals surface area contributed by atoms with Crippen molar-refractivity contribution >= 4 is 29.1 Å². The summed E-state index contributed by atoms with van der Waals surface area (Å²) in [4.78, 5) is 26.4. The number of hydrogen-bond donors (Lipinski definition) is 1. The third-order valence-electron chi connectivity index (χ3n) is 3.22. The van der Waals surface area contributed by atoms with E-state index in [1.807, 2.05) is 24.6 Å². The zero-order valence-electron chi connectivity index (χ0n) is 12.8. The van der Waals surface area contributed by atoms with Crippen LogP contribution in [0.15, 0.2) is 24.0 Å². The standard InChI is InChI=1S/C14H19N5OS2/c1-10(12-4-5-15-9-17-12)19(2)14(20)16-6-11-7-22-13(18-11)8-21-3/h4-5,7,9-10H,6,8H2,1-3H3,(H,16,20)/t10-/m1/s1. The van der Waals surface area contributed by atoms with Crippen LogP contribution in [0.1, 0.15) is 29.4 Å². The van der Waals surface area contributed by atoms with Gasteiger partial charge in [-0.25, -0.2) is 19.7 Å². The highest BCUT2D eigenvalue weighted by Crippen LogP contribution is 2.16. The maximum Gasteiger partial charge on any atom is 0.318 e. The second-order valence-electron chi connectivity index (χ2n) is 4.75. The van der Waals surface area contributed by atoms with E-state index in [-0.39, 0.29) is 12.1 Å². The molecule has 6 nitrogen and oxygen atoms in total. The van der Waals surface area contributed by atoms with Gasteiger partial charge < -0.3 is 10.2 Å². The molecule has 2 heterocycles. The van der Waals surface area contributed by atoms with Gasteiger partial charge in [0.1, 0.15) is 11.3 Å². The molecule has 0 aromatic carbocycles. The third kappa shape index (κ3) is 4.41. The number of thioether (sulfide) groups is 1. The van der Waals surface area contributed by atoms with Crippen molar-refractivity contribution in [2.45, 2.75) is 25.3 Å². The number of urea groups is 1. The molecule has 0 aliphatic heterocycles. The number of hydrogen-bond acceptors (Lipinski definition) is 6. The van der Waals surface area contributed by atoms with Crippen LogP contribution in [0.4, 0.5) is 4.79 Å². The van der Waals surface area contributed by atoms with Crippen molar-refractivity contribution in [3.05, 3.63) is 40.4 Å². The number of carbonyl (C=O) groups excluding carboxylic acids is 1. The van der Waals surface area contributed by atoms with Gasteiger partial charge in [-0.3, -0.25) is 0 Å². The molecule has 0 aliphatic carbocycles. The lowest BCUT2D eigenvalue weighted by molar-refractivity contribution is 0.193. The summed E-state index contributed by atoms with van der Waals surface area (Å²) in [6.07, 6.45) is 5.21. The molecule has 2 rings (SSSR count). The average molecular weight is 337 g/mol. The molecule has 0 spiro atoms. The normalized spacial score (nSPS) is 12.0. The van der Waals surface area contributed by atoms with Gasteiger partial charge in [-0.15, -0.1) is 11.3 Å². The average Bonchev–Trinajstić information content (AvgIpc) is 3.00. The Labute approximate surface area is 138 Å². The van der Waals surface area contributed by atoms with Crippen LogP contribution in [0.5, 0.6) is 0 Å². The zero-order valence-corrected chi connectivity index (χ0v) is 14.4. The fourth-order valence-electron chi connectivity index (χ4n) is 1.83. The topological polar surface area (TPSA) is 71.0 Å². The highest BCUT2D eigenvalue weighted by Gasteiger charge is 2.18. The maximum atomic E-state index is 12.2. The largest absolute Gasteiger partial charge is 0.332 e.